The van der Waals surface area contributed by atoms with Crippen molar-refractivity contribution in [1.29, 1.82) is 0 Å². The highest BCUT2D eigenvalue weighted by atomic mass is 127. The Labute approximate surface area is 199 Å². The second-order valence-corrected chi connectivity index (χ2v) is 8.33. The SMILES string of the molecule is CCNC(=NCC(c1ccccc1)N1CCC(C)CC1)N1CCN(C(C)=O)CC1.I. The summed E-state index contributed by atoms with van der Waals surface area (Å²) in [5.74, 6) is 1.96. The Morgan fingerprint density at radius 1 is 1.07 bits per heavy atom. The van der Waals surface area contributed by atoms with Crippen molar-refractivity contribution in [3.63, 3.8) is 0 Å². The van der Waals surface area contributed by atoms with E-state index in [-0.39, 0.29) is 29.9 Å². The van der Waals surface area contributed by atoms with Crippen molar-refractivity contribution < 1.29 is 4.79 Å². The molecular weight excluding hydrogens is 489 g/mol. The van der Waals surface area contributed by atoms with Gasteiger partial charge < -0.3 is 15.1 Å². The van der Waals surface area contributed by atoms with Crippen LogP contribution in [0.25, 0.3) is 0 Å². The van der Waals surface area contributed by atoms with E-state index in [1.54, 1.807) is 6.92 Å². The molecule has 2 heterocycles. The van der Waals surface area contributed by atoms with Crippen LogP contribution in [0.5, 0.6) is 0 Å². The average Bonchev–Trinajstić information content (AvgIpc) is 2.75. The van der Waals surface area contributed by atoms with Gasteiger partial charge in [0, 0.05) is 39.6 Å². The number of nitrogens with one attached hydrogen (secondary N) is 1. The summed E-state index contributed by atoms with van der Waals surface area (Å²) in [4.78, 5) is 23.5. The van der Waals surface area contributed by atoms with Crippen molar-refractivity contribution in [2.24, 2.45) is 10.9 Å². The maximum atomic E-state index is 11.6. The summed E-state index contributed by atoms with van der Waals surface area (Å²) >= 11 is 0. The lowest BCUT2D eigenvalue weighted by atomic mass is 9.96. The number of rotatable bonds is 5. The van der Waals surface area contributed by atoms with Gasteiger partial charge in [0.1, 0.15) is 0 Å². The highest BCUT2D eigenvalue weighted by molar-refractivity contribution is 14.0. The van der Waals surface area contributed by atoms with Gasteiger partial charge >= 0.3 is 0 Å². The molecule has 2 aliphatic heterocycles. The molecule has 7 heteroatoms. The summed E-state index contributed by atoms with van der Waals surface area (Å²) in [5, 5.41) is 3.47. The molecule has 2 fully saturated rings. The van der Waals surface area contributed by atoms with E-state index in [9.17, 15) is 4.79 Å². The van der Waals surface area contributed by atoms with Crippen LogP contribution in [-0.4, -0.2) is 78.9 Å². The van der Waals surface area contributed by atoms with Crippen LogP contribution in [0.1, 0.15) is 45.2 Å². The Morgan fingerprint density at radius 3 is 2.23 bits per heavy atom. The lowest BCUT2D eigenvalue weighted by molar-refractivity contribution is -0.130. The van der Waals surface area contributed by atoms with Crippen LogP contribution < -0.4 is 5.32 Å². The normalized spacial score (nSPS) is 19.9. The van der Waals surface area contributed by atoms with Gasteiger partial charge in [-0.1, -0.05) is 37.3 Å². The van der Waals surface area contributed by atoms with Gasteiger partial charge in [0.2, 0.25) is 5.91 Å². The van der Waals surface area contributed by atoms with Crippen molar-refractivity contribution in [3.8, 4) is 0 Å². The average molecular weight is 527 g/mol. The zero-order valence-electron chi connectivity index (χ0n) is 18.7. The second-order valence-electron chi connectivity index (χ2n) is 8.33. The predicted octanol–water partition coefficient (Wildman–Crippen LogP) is 3.21. The molecule has 0 bridgehead atoms. The van der Waals surface area contributed by atoms with Crippen LogP contribution in [0.4, 0.5) is 0 Å². The number of piperidine rings is 1. The first-order valence-electron chi connectivity index (χ1n) is 11.2. The molecule has 0 spiro atoms. The first-order valence-corrected chi connectivity index (χ1v) is 11.2. The largest absolute Gasteiger partial charge is 0.357 e. The summed E-state index contributed by atoms with van der Waals surface area (Å²) < 4.78 is 0. The molecule has 1 unspecified atom stereocenters. The third kappa shape index (κ3) is 6.83. The van der Waals surface area contributed by atoms with E-state index in [4.69, 9.17) is 4.99 Å². The summed E-state index contributed by atoms with van der Waals surface area (Å²) in [6, 6.07) is 11.1. The van der Waals surface area contributed by atoms with E-state index < -0.39 is 0 Å². The number of halogens is 1. The number of amides is 1. The Morgan fingerprint density at radius 2 is 1.67 bits per heavy atom. The molecule has 1 amide bonds. The van der Waals surface area contributed by atoms with E-state index >= 15 is 0 Å². The molecule has 1 aromatic carbocycles. The van der Waals surface area contributed by atoms with E-state index in [0.29, 0.717) is 6.04 Å². The fraction of sp³-hybridized carbons (Fsp3) is 0.652. The molecule has 0 radical (unpaired) electrons. The minimum absolute atomic E-state index is 0. The smallest absolute Gasteiger partial charge is 0.219 e. The van der Waals surface area contributed by atoms with Crippen LogP contribution >= 0.6 is 24.0 Å². The number of likely N-dealkylation sites (tertiary alicyclic amines) is 1. The molecule has 6 nitrogen and oxygen atoms in total. The number of benzene rings is 1. The monoisotopic (exact) mass is 527 g/mol. The maximum Gasteiger partial charge on any atom is 0.219 e. The number of nitrogens with zero attached hydrogens (tertiary/aromatic N) is 4. The molecule has 0 saturated carbocycles. The summed E-state index contributed by atoms with van der Waals surface area (Å²) in [5.41, 5.74) is 1.35. The van der Waals surface area contributed by atoms with Gasteiger partial charge in [-0.25, -0.2) is 0 Å². The van der Waals surface area contributed by atoms with Crippen LogP contribution in [0.2, 0.25) is 0 Å². The minimum Gasteiger partial charge on any atom is -0.357 e. The van der Waals surface area contributed by atoms with Gasteiger partial charge in [-0.3, -0.25) is 14.7 Å². The fourth-order valence-corrected chi connectivity index (χ4v) is 4.28. The van der Waals surface area contributed by atoms with Crippen molar-refractivity contribution >= 4 is 35.8 Å². The zero-order chi connectivity index (χ0) is 20.6. The lowest BCUT2D eigenvalue weighted by Crippen LogP contribution is -2.53. The lowest BCUT2D eigenvalue weighted by Gasteiger charge is -2.38. The molecule has 30 heavy (non-hydrogen) atoms. The second kappa shape index (κ2) is 12.5. The highest BCUT2D eigenvalue weighted by Crippen LogP contribution is 2.27. The molecule has 1 aromatic rings. The van der Waals surface area contributed by atoms with Crippen LogP contribution in [-0.2, 0) is 4.79 Å². The number of carbonyl (C=O) groups is 1. The van der Waals surface area contributed by atoms with Gasteiger partial charge in [0.05, 0.1) is 12.6 Å². The minimum atomic E-state index is 0. The number of carbonyl (C=O) groups excluding carboxylic acids is 1. The Bertz CT molecular complexity index is 667. The molecule has 2 saturated heterocycles. The van der Waals surface area contributed by atoms with Crippen LogP contribution in [0.3, 0.4) is 0 Å². The fourth-order valence-electron chi connectivity index (χ4n) is 4.28. The van der Waals surface area contributed by atoms with E-state index in [1.165, 1.54) is 18.4 Å². The maximum absolute atomic E-state index is 11.6. The van der Waals surface area contributed by atoms with Gasteiger partial charge in [-0.15, -0.1) is 24.0 Å². The van der Waals surface area contributed by atoms with Crippen LogP contribution in [0, 0.1) is 5.92 Å². The van der Waals surface area contributed by atoms with Gasteiger partial charge in [0.15, 0.2) is 5.96 Å². The van der Waals surface area contributed by atoms with Crippen molar-refractivity contribution in [2.45, 2.75) is 39.7 Å². The molecule has 0 aliphatic carbocycles. The van der Waals surface area contributed by atoms with Gasteiger partial charge in [-0.2, -0.15) is 0 Å². The summed E-state index contributed by atoms with van der Waals surface area (Å²) in [6.45, 7) is 13.2. The summed E-state index contributed by atoms with van der Waals surface area (Å²) in [6.07, 6.45) is 2.53. The number of hydrogen-bond donors (Lipinski definition) is 1. The molecule has 1 atom stereocenters. The Balaban J connectivity index is 0.00000320. The summed E-state index contributed by atoms with van der Waals surface area (Å²) in [7, 11) is 0. The molecule has 2 aliphatic rings. The number of piperazine rings is 1. The molecular formula is C23H38IN5O. The van der Waals surface area contributed by atoms with Gasteiger partial charge in [0.25, 0.3) is 0 Å². The third-order valence-electron chi connectivity index (χ3n) is 6.22. The molecule has 3 rings (SSSR count). The molecule has 0 aromatic heterocycles. The third-order valence-corrected chi connectivity index (χ3v) is 6.22. The first-order chi connectivity index (χ1) is 14.1. The number of aliphatic imine (C=N–C) groups is 1. The van der Waals surface area contributed by atoms with E-state index in [1.807, 2.05) is 4.90 Å². The van der Waals surface area contributed by atoms with E-state index in [0.717, 1.165) is 64.2 Å². The van der Waals surface area contributed by atoms with E-state index in [2.05, 4.69) is 59.3 Å². The predicted molar refractivity (Wildman–Crippen MR) is 134 cm³/mol. The molecule has 1 N–H and O–H groups in total. The number of guanidine groups is 1. The highest BCUT2D eigenvalue weighted by Gasteiger charge is 2.26. The van der Waals surface area contributed by atoms with Crippen LogP contribution in [0.15, 0.2) is 35.3 Å². The first kappa shape index (κ1) is 24.9. The Hall–Kier alpha value is -1.35. The topological polar surface area (TPSA) is 51.2 Å². The van der Waals surface area contributed by atoms with Crippen molar-refractivity contribution in [3.05, 3.63) is 35.9 Å². The standard InChI is InChI=1S/C23H37N5O.HI/c1-4-24-23(28-16-14-26(15-17-28)20(3)29)25-18-22(21-8-6-5-7-9-21)27-12-10-19(2)11-13-27;/h5-9,19,22H,4,10-18H2,1-3H3,(H,24,25);1H. The van der Waals surface area contributed by atoms with Crippen molar-refractivity contribution in [1.82, 2.24) is 20.0 Å². The van der Waals surface area contributed by atoms with Crippen molar-refractivity contribution in [2.75, 3.05) is 52.4 Å². The number of hydrogen-bond acceptors (Lipinski definition) is 3. The molecule has 168 valence electrons. The quantitative estimate of drug-likeness (QED) is 0.363. The van der Waals surface area contributed by atoms with Gasteiger partial charge in [-0.05, 0) is 44.3 Å². The zero-order valence-corrected chi connectivity index (χ0v) is 21.0. The Kier molecular flexibility index (Phi) is 10.4.